The second kappa shape index (κ2) is 7.68. The summed E-state index contributed by atoms with van der Waals surface area (Å²) in [5.74, 6) is 0.617. The van der Waals surface area contributed by atoms with Crippen molar-refractivity contribution in [2.45, 2.75) is 38.8 Å². The molecule has 1 aliphatic heterocycles. The number of nitrogens with one attached hydrogen (secondary N) is 1. The van der Waals surface area contributed by atoms with Crippen LogP contribution in [0.15, 0.2) is 12.3 Å². The molecule has 1 fully saturated rings. The van der Waals surface area contributed by atoms with E-state index in [2.05, 4.69) is 17.2 Å². The van der Waals surface area contributed by atoms with E-state index in [0.717, 1.165) is 38.1 Å². The van der Waals surface area contributed by atoms with Gasteiger partial charge >= 0.3 is 0 Å². The summed E-state index contributed by atoms with van der Waals surface area (Å²) in [4.78, 5) is 4.19. The molecule has 2 heterocycles. The normalized spacial score (nSPS) is 19.4. The van der Waals surface area contributed by atoms with Crippen LogP contribution in [0.2, 0.25) is 5.02 Å². The zero-order valence-corrected chi connectivity index (χ0v) is 12.1. The fourth-order valence-electron chi connectivity index (χ4n) is 2.05. The minimum Gasteiger partial charge on any atom is -0.475 e. The average molecular weight is 285 g/mol. The molecule has 1 aromatic rings. The highest BCUT2D eigenvalue weighted by atomic mass is 35.5. The highest BCUT2D eigenvalue weighted by Gasteiger charge is 2.15. The smallest absolute Gasteiger partial charge is 0.213 e. The molecular formula is C14H21ClN2O2. The van der Waals surface area contributed by atoms with Crippen molar-refractivity contribution >= 4 is 11.6 Å². The fourth-order valence-corrected chi connectivity index (χ4v) is 2.22. The summed E-state index contributed by atoms with van der Waals surface area (Å²) in [7, 11) is 0. The van der Waals surface area contributed by atoms with Gasteiger partial charge in [0, 0.05) is 25.4 Å². The zero-order valence-electron chi connectivity index (χ0n) is 11.3. The number of ether oxygens (including phenoxy) is 2. The Morgan fingerprint density at radius 3 is 3.16 bits per heavy atom. The molecule has 1 aliphatic rings. The maximum absolute atomic E-state index is 6.10. The molecule has 0 aromatic carbocycles. The lowest BCUT2D eigenvalue weighted by Gasteiger charge is -2.22. The van der Waals surface area contributed by atoms with Crippen molar-refractivity contribution in [1.29, 1.82) is 0 Å². The van der Waals surface area contributed by atoms with Gasteiger partial charge in [0.2, 0.25) is 5.88 Å². The Balaban J connectivity index is 1.88. The Morgan fingerprint density at radius 2 is 2.42 bits per heavy atom. The molecule has 19 heavy (non-hydrogen) atoms. The quantitative estimate of drug-likeness (QED) is 0.872. The van der Waals surface area contributed by atoms with E-state index in [1.54, 1.807) is 6.20 Å². The van der Waals surface area contributed by atoms with E-state index in [9.17, 15) is 0 Å². The van der Waals surface area contributed by atoms with Gasteiger partial charge in [-0.3, -0.25) is 0 Å². The van der Waals surface area contributed by atoms with E-state index in [1.165, 1.54) is 6.42 Å². The second-order valence-electron chi connectivity index (χ2n) is 4.69. The third-order valence-corrected chi connectivity index (χ3v) is 3.51. The Kier molecular flexibility index (Phi) is 5.89. The molecule has 1 atom stereocenters. The first-order valence-corrected chi connectivity index (χ1v) is 7.27. The molecule has 1 N–H and O–H groups in total. The summed E-state index contributed by atoms with van der Waals surface area (Å²) in [6, 6.07) is 1.90. The van der Waals surface area contributed by atoms with Crippen LogP contribution in [0.25, 0.3) is 0 Å². The maximum atomic E-state index is 6.10. The molecule has 0 bridgehead atoms. The van der Waals surface area contributed by atoms with Gasteiger partial charge in [-0.1, -0.05) is 18.5 Å². The fraction of sp³-hybridized carbons (Fsp3) is 0.643. The lowest BCUT2D eigenvalue weighted by molar-refractivity contribution is -0.0119. The number of pyridine rings is 1. The molecule has 1 saturated heterocycles. The van der Waals surface area contributed by atoms with Crippen LogP contribution in [-0.2, 0) is 11.3 Å². The number of hydrogen-bond donors (Lipinski definition) is 1. The van der Waals surface area contributed by atoms with E-state index in [1.807, 2.05) is 6.07 Å². The van der Waals surface area contributed by atoms with Crippen LogP contribution >= 0.6 is 11.6 Å². The molecule has 0 aliphatic carbocycles. The molecule has 1 aromatic heterocycles. The van der Waals surface area contributed by atoms with Gasteiger partial charge in [-0.15, -0.1) is 0 Å². The van der Waals surface area contributed by atoms with Crippen molar-refractivity contribution in [2.75, 3.05) is 19.8 Å². The van der Waals surface area contributed by atoms with Crippen LogP contribution in [0.5, 0.6) is 5.88 Å². The summed E-state index contributed by atoms with van der Waals surface area (Å²) in [6.45, 7) is 5.11. The minimum absolute atomic E-state index is 0.198. The van der Waals surface area contributed by atoms with E-state index in [-0.39, 0.29) is 6.10 Å². The maximum Gasteiger partial charge on any atom is 0.213 e. The van der Waals surface area contributed by atoms with E-state index >= 15 is 0 Å². The first-order valence-electron chi connectivity index (χ1n) is 6.89. The Bertz CT molecular complexity index is 395. The van der Waals surface area contributed by atoms with Crippen molar-refractivity contribution in [3.8, 4) is 5.88 Å². The first-order chi connectivity index (χ1) is 9.29. The second-order valence-corrected chi connectivity index (χ2v) is 5.10. The van der Waals surface area contributed by atoms with E-state index in [4.69, 9.17) is 21.1 Å². The van der Waals surface area contributed by atoms with E-state index < -0.39 is 0 Å². The van der Waals surface area contributed by atoms with Crippen LogP contribution < -0.4 is 10.1 Å². The van der Waals surface area contributed by atoms with Crippen molar-refractivity contribution in [1.82, 2.24) is 10.3 Å². The third-order valence-electron chi connectivity index (χ3n) is 3.17. The molecule has 5 heteroatoms. The SMILES string of the molecule is CCNCc1cc(OCC2CCCCO2)ncc1Cl. The number of nitrogens with zero attached hydrogens (tertiary/aromatic N) is 1. The first kappa shape index (κ1) is 14.6. The molecule has 0 saturated carbocycles. The number of halogens is 1. The molecule has 1 unspecified atom stereocenters. The molecular weight excluding hydrogens is 264 g/mol. The van der Waals surface area contributed by atoms with Gasteiger partial charge < -0.3 is 14.8 Å². The van der Waals surface area contributed by atoms with Gasteiger partial charge in [0.15, 0.2) is 0 Å². The Labute approximate surface area is 119 Å². The summed E-state index contributed by atoms with van der Waals surface area (Å²) >= 11 is 6.10. The number of rotatable bonds is 6. The van der Waals surface area contributed by atoms with Crippen LogP contribution in [0.3, 0.4) is 0 Å². The van der Waals surface area contributed by atoms with Gasteiger partial charge in [0.25, 0.3) is 0 Å². The zero-order chi connectivity index (χ0) is 13.5. The summed E-state index contributed by atoms with van der Waals surface area (Å²) in [6.07, 6.45) is 5.28. The molecule has 2 rings (SSSR count). The average Bonchev–Trinajstić information content (AvgIpc) is 2.46. The van der Waals surface area contributed by atoms with Gasteiger partial charge in [-0.2, -0.15) is 0 Å². The lowest BCUT2D eigenvalue weighted by Crippen LogP contribution is -2.26. The van der Waals surface area contributed by atoms with Crippen LogP contribution in [-0.4, -0.2) is 30.8 Å². The highest BCUT2D eigenvalue weighted by Crippen LogP contribution is 2.20. The van der Waals surface area contributed by atoms with Crippen LogP contribution in [0.4, 0.5) is 0 Å². The van der Waals surface area contributed by atoms with Crippen molar-refractivity contribution in [3.05, 3.63) is 22.8 Å². The topological polar surface area (TPSA) is 43.4 Å². The van der Waals surface area contributed by atoms with Crippen molar-refractivity contribution in [3.63, 3.8) is 0 Å². The standard InChI is InChI=1S/C14H21ClN2O2/c1-2-16-8-11-7-14(17-9-13(11)15)19-10-12-5-3-4-6-18-12/h7,9,12,16H,2-6,8,10H2,1H3. The van der Waals surface area contributed by atoms with Crippen LogP contribution in [0.1, 0.15) is 31.7 Å². The van der Waals surface area contributed by atoms with E-state index in [0.29, 0.717) is 17.5 Å². The summed E-state index contributed by atoms with van der Waals surface area (Å²) in [5.41, 5.74) is 1.01. The Hall–Kier alpha value is -0.840. The lowest BCUT2D eigenvalue weighted by atomic mass is 10.1. The Morgan fingerprint density at radius 1 is 1.53 bits per heavy atom. The van der Waals surface area contributed by atoms with Gasteiger partial charge in [0.05, 0.1) is 11.1 Å². The number of aromatic nitrogens is 1. The third kappa shape index (κ3) is 4.64. The largest absolute Gasteiger partial charge is 0.475 e. The predicted molar refractivity (Wildman–Crippen MR) is 75.7 cm³/mol. The van der Waals surface area contributed by atoms with Gasteiger partial charge in [-0.25, -0.2) is 4.98 Å². The monoisotopic (exact) mass is 284 g/mol. The van der Waals surface area contributed by atoms with Crippen LogP contribution in [0, 0.1) is 0 Å². The summed E-state index contributed by atoms with van der Waals surface area (Å²) < 4.78 is 11.3. The predicted octanol–water partition coefficient (Wildman–Crippen LogP) is 2.79. The minimum atomic E-state index is 0.198. The van der Waals surface area contributed by atoms with Gasteiger partial charge in [-0.05, 0) is 31.4 Å². The molecule has 4 nitrogen and oxygen atoms in total. The van der Waals surface area contributed by atoms with Crippen molar-refractivity contribution in [2.24, 2.45) is 0 Å². The highest BCUT2D eigenvalue weighted by molar-refractivity contribution is 6.31. The van der Waals surface area contributed by atoms with Crippen molar-refractivity contribution < 1.29 is 9.47 Å². The number of hydrogen-bond acceptors (Lipinski definition) is 4. The molecule has 106 valence electrons. The molecule has 0 radical (unpaired) electrons. The van der Waals surface area contributed by atoms with Gasteiger partial charge in [0.1, 0.15) is 6.61 Å². The summed E-state index contributed by atoms with van der Waals surface area (Å²) in [5, 5.41) is 3.91. The molecule has 0 amide bonds. The molecule has 0 spiro atoms.